The smallest absolute Gasteiger partial charge is 0.257 e. The average Bonchev–Trinajstić information content (AvgIpc) is 3.33. The van der Waals surface area contributed by atoms with Gasteiger partial charge in [0.2, 0.25) is 11.0 Å². The maximum atomic E-state index is 13.2. The topological polar surface area (TPSA) is 75.2 Å². The van der Waals surface area contributed by atoms with E-state index in [1.54, 1.807) is 4.90 Å². The molecule has 2 amide bonds. The maximum absolute atomic E-state index is 13.2. The number of benzene rings is 2. The van der Waals surface area contributed by atoms with Crippen molar-refractivity contribution < 1.29 is 14.0 Å². The standard InChI is InChI=1S/C19H15FN4O2S2/c20-14-6-3-5-13(10-14)17(26)21-18-22-23-19(28-18)27-11-16(25)24-9-8-12-4-1-2-7-15(12)24/h1-7,10H,8-9,11H2,(H,21,22,26). The lowest BCUT2D eigenvalue weighted by molar-refractivity contribution is -0.116. The number of aromatic nitrogens is 2. The zero-order valence-corrected chi connectivity index (χ0v) is 16.2. The molecule has 9 heteroatoms. The molecule has 6 nitrogen and oxygen atoms in total. The number of carbonyl (C=O) groups excluding carboxylic acids is 2. The number of nitrogens with one attached hydrogen (secondary N) is 1. The highest BCUT2D eigenvalue weighted by Crippen LogP contribution is 2.30. The number of amides is 2. The van der Waals surface area contributed by atoms with E-state index in [-0.39, 0.29) is 17.2 Å². The number of hydrogen-bond acceptors (Lipinski definition) is 6. The van der Waals surface area contributed by atoms with E-state index in [4.69, 9.17) is 0 Å². The van der Waals surface area contributed by atoms with Gasteiger partial charge in [-0.15, -0.1) is 10.2 Å². The molecule has 2 heterocycles. The van der Waals surface area contributed by atoms with Crippen LogP contribution in [-0.4, -0.2) is 34.3 Å². The fraction of sp³-hybridized carbons (Fsp3) is 0.158. The average molecular weight is 414 g/mol. The molecule has 142 valence electrons. The van der Waals surface area contributed by atoms with Crippen LogP contribution in [0.2, 0.25) is 0 Å². The summed E-state index contributed by atoms with van der Waals surface area (Å²) < 4.78 is 13.8. The molecule has 1 aliphatic rings. The third-order valence-corrected chi connectivity index (χ3v) is 6.18. The molecule has 0 bridgehead atoms. The number of thioether (sulfide) groups is 1. The van der Waals surface area contributed by atoms with Gasteiger partial charge in [0, 0.05) is 17.8 Å². The number of nitrogens with zero attached hydrogens (tertiary/aromatic N) is 3. The van der Waals surface area contributed by atoms with Crippen molar-refractivity contribution in [1.29, 1.82) is 0 Å². The Morgan fingerprint density at radius 1 is 1.18 bits per heavy atom. The van der Waals surface area contributed by atoms with Crippen molar-refractivity contribution in [3.8, 4) is 0 Å². The summed E-state index contributed by atoms with van der Waals surface area (Å²) >= 11 is 2.45. The quantitative estimate of drug-likeness (QED) is 0.510. The highest BCUT2D eigenvalue weighted by Gasteiger charge is 2.24. The number of rotatable bonds is 5. The molecule has 0 saturated heterocycles. The molecule has 0 unspecified atom stereocenters. The summed E-state index contributed by atoms with van der Waals surface area (Å²) in [6.07, 6.45) is 0.863. The first-order chi connectivity index (χ1) is 13.6. The van der Waals surface area contributed by atoms with Crippen molar-refractivity contribution >= 4 is 45.7 Å². The Bertz CT molecular complexity index is 1040. The van der Waals surface area contributed by atoms with Gasteiger partial charge in [0.1, 0.15) is 5.82 Å². The molecule has 1 N–H and O–H groups in total. The third-order valence-electron chi connectivity index (χ3n) is 4.22. The second-order valence-electron chi connectivity index (χ2n) is 6.05. The summed E-state index contributed by atoms with van der Waals surface area (Å²) in [6, 6.07) is 13.3. The molecule has 3 aromatic rings. The molecule has 0 radical (unpaired) electrons. The van der Waals surface area contributed by atoms with E-state index in [1.807, 2.05) is 24.3 Å². The van der Waals surface area contributed by atoms with Gasteiger partial charge < -0.3 is 4.90 Å². The lowest BCUT2D eigenvalue weighted by Gasteiger charge is -2.16. The van der Waals surface area contributed by atoms with Crippen molar-refractivity contribution in [3.05, 3.63) is 65.5 Å². The van der Waals surface area contributed by atoms with Crippen LogP contribution in [0.15, 0.2) is 52.9 Å². The van der Waals surface area contributed by atoms with Gasteiger partial charge in [-0.3, -0.25) is 14.9 Å². The first-order valence-electron chi connectivity index (χ1n) is 8.51. The van der Waals surface area contributed by atoms with E-state index < -0.39 is 11.7 Å². The summed E-state index contributed by atoms with van der Waals surface area (Å²) in [5.41, 5.74) is 2.35. The van der Waals surface area contributed by atoms with Crippen molar-refractivity contribution in [2.45, 2.75) is 10.8 Å². The first kappa shape index (κ1) is 18.6. The minimum absolute atomic E-state index is 0.00972. The van der Waals surface area contributed by atoms with Gasteiger partial charge in [0.25, 0.3) is 5.91 Å². The summed E-state index contributed by atoms with van der Waals surface area (Å²) in [5.74, 6) is -0.698. The first-order valence-corrected chi connectivity index (χ1v) is 10.3. The second-order valence-corrected chi connectivity index (χ2v) is 8.25. The number of halogens is 1. The SMILES string of the molecule is O=C(Nc1nnc(SCC(=O)N2CCc3ccccc32)s1)c1cccc(F)c1. The minimum Gasteiger partial charge on any atom is -0.311 e. The molecule has 0 spiro atoms. The summed E-state index contributed by atoms with van der Waals surface area (Å²) in [4.78, 5) is 26.5. The Morgan fingerprint density at radius 3 is 2.89 bits per heavy atom. The largest absolute Gasteiger partial charge is 0.311 e. The lowest BCUT2D eigenvalue weighted by Crippen LogP contribution is -2.30. The molecule has 28 heavy (non-hydrogen) atoms. The van der Waals surface area contributed by atoms with E-state index in [2.05, 4.69) is 15.5 Å². The Morgan fingerprint density at radius 2 is 2.04 bits per heavy atom. The number of anilines is 2. The van der Waals surface area contributed by atoms with Gasteiger partial charge in [-0.25, -0.2) is 4.39 Å². The third kappa shape index (κ3) is 4.05. The number of fused-ring (bicyclic) bond motifs is 1. The molecule has 1 aromatic heterocycles. The normalized spacial score (nSPS) is 12.7. The molecule has 1 aliphatic heterocycles. The van der Waals surface area contributed by atoms with E-state index in [9.17, 15) is 14.0 Å². The molecule has 2 aromatic carbocycles. The molecule has 0 fully saturated rings. The van der Waals surface area contributed by atoms with Gasteiger partial charge in [0.05, 0.1) is 5.75 Å². The predicted molar refractivity (Wildman–Crippen MR) is 107 cm³/mol. The Balaban J connectivity index is 1.34. The fourth-order valence-corrected chi connectivity index (χ4v) is 4.54. The van der Waals surface area contributed by atoms with Crippen molar-refractivity contribution in [2.75, 3.05) is 22.5 Å². The Kier molecular flexibility index (Phi) is 5.36. The van der Waals surface area contributed by atoms with Crippen LogP contribution in [0.1, 0.15) is 15.9 Å². The van der Waals surface area contributed by atoms with Gasteiger partial charge in [-0.1, -0.05) is 47.4 Å². The molecule has 0 saturated carbocycles. The van der Waals surface area contributed by atoms with Crippen LogP contribution < -0.4 is 10.2 Å². The van der Waals surface area contributed by atoms with E-state index in [0.29, 0.717) is 16.0 Å². The van der Waals surface area contributed by atoms with Crippen LogP contribution in [0.25, 0.3) is 0 Å². The molecule has 0 aliphatic carbocycles. The minimum atomic E-state index is -0.483. The van der Waals surface area contributed by atoms with Crippen molar-refractivity contribution in [2.24, 2.45) is 0 Å². The highest BCUT2D eigenvalue weighted by atomic mass is 32.2. The van der Waals surface area contributed by atoms with Crippen LogP contribution in [-0.2, 0) is 11.2 Å². The molecule has 0 atom stereocenters. The number of carbonyl (C=O) groups is 2. The number of para-hydroxylation sites is 1. The van der Waals surface area contributed by atoms with Crippen LogP contribution in [0.5, 0.6) is 0 Å². The molecular formula is C19H15FN4O2S2. The monoisotopic (exact) mass is 414 g/mol. The van der Waals surface area contributed by atoms with Crippen LogP contribution in [0.4, 0.5) is 15.2 Å². The van der Waals surface area contributed by atoms with E-state index in [0.717, 1.165) is 18.2 Å². The van der Waals surface area contributed by atoms with Gasteiger partial charge >= 0.3 is 0 Å². The van der Waals surface area contributed by atoms with Crippen LogP contribution in [0.3, 0.4) is 0 Å². The van der Waals surface area contributed by atoms with Crippen molar-refractivity contribution in [3.63, 3.8) is 0 Å². The van der Waals surface area contributed by atoms with Gasteiger partial charge in [0.15, 0.2) is 4.34 Å². The zero-order valence-electron chi connectivity index (χ0n) is 14.6. The predicted octanol–water partition coefficient (Wildman–Crippen LogP) is 3.61. The molecular weight excluding hydrogens is 399 g/mol. The highest BCUT2D eigenvalue weighted by molar-refractivity contribution is 8.01. The van der Waals surface area contributed by atoms with Gasteiger partial charge in [-0.05, 0) is 36.2 Å². The van der Waals surface area contributed by atoms with E-state index in [1.165, 1.54) is 46.9 Å². The van der Waals surface area contributed by atoms with Crippen LogP contribution >= 0.6 is 23.1 Å². The second kappa shape index (κ2) is 8.07. The zero-order chi connectivity index (χ0) is 19.5. The summed E-state index contributed by atoms with van der Waals surface area (Å²) in [7, 11) is 0. The van der Waals surface area contributed by atoms with Crippen molar-refractivity contribution in [1.82, 2.24) is 10.2 Å². The Hall–Kier alpha value is -2.78. The van der Waals surface area contributed by atoms with E-state index >= 15 is 0 Å². The summed E-state index contributed by atoms with van der Waals surface area (Å²) in [6.45, 7) is 0.684. The van der Waals surface area contributed by atoms with Gasteiger partial charge in [-0.2, -0.15) is 0 Å². The Labute approximate surface area is 168 Å². The van der Waals surface area contributed by atoms with Crippen LogP contribution in [0, 0.1) is 5.82 Å². The molecule has 4 rings (SSSR count). The maximum Gasteiger partial charge on any atom is 0.257 e. The number of hydrogen-bond donors (Lipinski definition) is 1. The fourth-order valence-electron chi connectivity index (χ4n) is 2.92. The summed E-state index contributed by atoms with van der Waals surface area (Å²) in [5, 5.41) is 10.8. The lowest BCUT2D eigenvalue weighted by atomic mass is 10.2.